The highest BCUT2D eigenvalue weighted by molar-refractivity contribution is 14.1. The van der Waals surface area contributed by atoms with Gasteiger partial charge in [-0.2, -0.15) is 13.2 Å². The third-order valence-electron chi connectivity index (χ3n) is 15.3. The number of pyridine rings is 1. The molecule has 13 atom stereocenters. The van der Waals surface area contributed by atoms with Crippen LogP contribution in [0.15, 0.2) is 67.5 Å². The number of amides is 1. The fourth-order valence-corrected chi connectivity index (χ4v) is 11.6. The predicted molar refractivity (Wildman–Crippen MR) is 276 cm³/mol. The summed E-state index contributed by atoms with van der Waals surface area (Å²) in [5.74, 6) is -5.48. The van der Waals surface area contributed by atoms with Crippen LogP contribution < -0.4 is 0 Å². The van der Waals surface area contributed by atoms with E-state index in [-0.39, 0.29) is 18.7 Å². The van der Waals surface area contributed by atoms with Crippen LogP contribution in [0.2, 0.25) is 0 Å². The van der Waals surface area contributed by atoms with E-state index in [9.17, 15) is 37.5 Å². The van der Waals surface area contributed by atoms with Gasteiger partial charge in [0, 0.05) is 93.9 Å². The van der Waals surface area contributed by atoms with Gasteiger partial charge < -0.3 is 43.2 Å². The molecule has 0 radical (unpaired) electrons. The van der Waals surface area contributed by atoms with Crippen LogP contribution in [0.3, 0.4) is 0 Å². The number of ether oxygens (including phenoxy) is 5. The number of methoxy groups -OCH3 is 1. The van der Waals surface area contributed by atoms with Gasteiger partial charge in [0.25, 0.3) is 0 Å². The smallest absolute Gasteiger partial charge is 0.416 e. The Morgan fingerprint density at radius 3 is 2.35 bits per heavy atom. The van der Waals surface area contributed by atoms with Crippen LogP contribution in [0, 0.1) is 23.7 Å². The first-order valence-corrected chi connectivity index (χ1v) is 26.8. The maximum absolute atomic E-state index is 14.9. The predicted octanol–water partition coefficient (Wildman–Crippen LogP) is 7.38. The topological polar surface area (TPSA) is 203 Å². The highest BCUT2D eigenvalue weighted by Gasteiger charge is 2.60. The van der Waals surface area contributed by atoms with Crippen molar-refractivity contribution in [3.63, 3.8) is 0 Å². The maximum Gasteiger partial charge on any atom is 0.416 e. The highest BCUT2D eigenvalue weighted by Crippen LogP contribution is 2.44. The quantitative estimate of drug-likeness (QED) is 0.0383. The Kier molecular flexibility index (Phi) is 18.7. The molecule has 1 amide bonds. The van der Waals surface area contributed by atoms with Crippen molar-refractivity contribution in [2.24, 2.45) is 23.7 Å². The molecule has 0 saturated carbocycles. The Bertz CT molecular complexity index is 2590. The molecular weight excluding hydrogens is 1090 g/mol. The second-order valence-corrected chi connectivity index (χ2v) is 22.1. The molecule has 410 valence electrons. The zero-order valence-corrected chi connectivity index (χ0v) is 46.1. The number of imidazole rings is 1. The lowest BCUT2D eigenvalue weighted by molar-refractivity contribution is -0.296. The summed E-state index contributed by atoms with van der Waals surface area (Å²) in [6.45, 7) is 13.6. The van der Waals surface area contributed by atoms with E-state index < -0.39 is 105 Å². The van der Waals surface area contributed by atoms with Crippen LogP contribution in [0.1, 0.15) is 91.0 Å². The Morgan fingerprint density at radius 2 is 1.67 bits per heavy atom. The largest absolute Gasteiger partial charge is 0.447 e. The molecule has 1 N–H and O–H groups in total. The standard InChI is InChI=1S/C53H70F3IN8O10/c1-31-26-51(6,71-9)46(73-48-44(68)41(25-32(2)72-48)62(8)23-19-39-28-64(61-60-39)24-18-36-14-16-38(17-15-36)53(54,55)56)34(4)43(67)35(5)47(69)74-49(57)52(7)45(33(3)42(31)66)65(50(70)75-52)22-11-10-21-63-29-40(59-30-63)37-13-12-20-58-27-37/h12-17,20,27-35,41,44-46,48-49,68H,10-11,18-19,21-26H2,1-9H3/t31-,32-,33+,34+,35-,41+,44-,45+,46-,48+,49+,51-,52+/m1/s1. The SMILES string of the molecule is CO[C@]1(C)C[C@@H](C)C(=O)[C@H](C)[C@@H]2N(CCCCn3cnc(-c4cccnc4)c3)C(=O)O[C@]2(C)[C@@H](I)OC(=O)[C@H](C)C(=O)[C@H](C)[C@H]1O[C@@H]1O[C@H](C)C[C@H](N(C)CCc2cn(CCc3ccc(C(F)(F)F)cc3)nn2)[C@H]1O. The van der Waals surface area contributed by atoms with Crippen LogP contribution in [0.4, 0.5) is 18.0 Å². The molecule has 0 spiro atoms. The minimum Gasteiger partial charge on any atom is -0.447 e. The minimum atomic E-state index is -4.41. The molecular formula is C53H70F3IN8O10. The Balaban J connectivity index is 1.04. The molecule has 3 fully saturated rings. The Hall–Kier alpha value is -4.88. The fourth-order valence-electron chi connectivity index (χ4n) is 10.9. The van der Waals surface area contributed by atoms with E-state index in [2.05, 4.69) is 20.3 Å². The highest BCUT2D eigenvalue weighted by atomic mass is 127. The molecule has 22 heteroatoms. The van der Waals surface area contributed by atoms with Gasteiger partial charge in [-0.05, 0) is 119 Å². The number of ketones is 2. The second kappa shape index (κ2) is 24.2. The van der Waals surface area contributed by atoms with Gasteiger partial charge in [-0.15, -0.1) is 5.10 Å². The molecule has 3 aliphatic heterocycles. The number of cyclic esters (lactones) is 1. The van der Waals surface area contributed by atoms with E-state index in [1.54, 1.807) is 69.1 Å². The third-order valence-corrected chi connectivity index (χ3v) is 16.8. The van der Waals surface area contributed by atoms with Crippen LogP contribution >= 0.6 is 22.6 Å². The van der Waals surface area contributed by atoms with E-state index in [1.165, 1.54) is 26.2 Å². The number of rotatable bonds is 16. The first-order chi connectivity index (χ1) is 35.4. The van der Waals surface area contributed by atoms with E-state index in [4.69, 9.17) is 23.7 Å². The molecule has 0 bridgehead atoms. The van der Waals surface area contributed by atoms with Crippen molar-refractivity contribution in [1.82, 2.24) is 39.3 Å². The van der Waals surface area contributed by atoms with Crippen LogP contribution in [0.5, 0.6) is 0 Å². The van der Waals surface area contributed by atoms with Crippen molar-refractivity contribution in [3.05, 3.63) is 84.3 Å². The van der Waals surface area contributed by atoms with Crippen molar-refractivity contribution >= 4 is 46.2 Å². The number of unbranched alkanes of at least 4 members (excludes halogenated alkanes) is 1. The zero-order valence-electron chi connectivity index (χ0n) is 44.0. The van der Waals surface area contributed by atoms with Gasteiger partial charge in [0.15, 0.2) is 21.8 Å². The van der Waals surface area contributed by atoms with Crippen LogP contribution in [-0.2, 0) is 70.2 Å². The monoisotopic (exact) mass is 1160 g/mol. The van der Waals surface area contributed by atoms with Gasteiger partial charge in [-0.3, -0.25) is 24.0 Å². The number of likely N-dealkylation sites (N-methyl/N-ethyl adjacent to an activating group) is 1. The van der Waals surface area contributed by atoms with Gasteiger partial charge in [0.2, 0.25) is 0 Å². The number of alkyl halides is 4. The molecule has 0 unspecified atom stereocenters. The minimum absolute atomic E-state index is 0.0539. The summed E-state index contributed by atoms with van der Waals surface area (Å²) in [5.41, 5.74) is -0.460. The molecule has 3 saturated heterocycles. The number of aromatic nitrogens is 6. The van der Waals surface area contributed by atoms with E-state index in [0.717, 1.165) is 29.0 Å². The van der Waals surface area contributed by atoms with Crippen molar-refractivity contribution in [2.45, 2.75) is 158 Å². The maximum atomic E-state index is 14.9. The molecule has 18 nitrogen and oxygen atoms in total. The van der Waals surface area contributed by atoms with E-state index >= 15 is 0 Å². The number of aliphatic hydroxyl groups is 1. The first kappa shape index (κ1) is 57.8. The van der Waals surface area contributed by atoms with Crippen LogP contribution in [-0.4, -0.2) is 147 Å². The van der Waals surface area contributed by atoms with Crippen LogP contribution in [0.25, 0.3) is 11.3 Å². The number of aryl methyl sites for hydroxylation is 3. The molecule has 1 aromatic carbocycles. The number of benzene rings is 1. The number of fused-ring (bicyclic) bond motifs is 1. The summed E-state index contributed by atoms with van der Waals surface area (Å²) in [6.07, 6.45) is 2.46. The molecule has 7 rings (SSSR count). The number of carbonyl (C=O) groups is 4. The Morgan fingerprint density at radius 1 is 0.947 bits per heavy atom. The number of aliphatic hydroxyl groups excluding tert-OH is 1. The molecule has 6 heterocycles. The van der Waals surface area contributed by atoms with Gasteiger partial charge in [-0.25, -0.2) is 9.78 Å². The number of Topliss-reactive ketones (excluding diaryl/α,β-unsaturated/α-hetero) is 2. The number of esters is 1. The molecule has 4 aromatic rings. The summed E-state index contributed by atoms with van der Waals surface area (Å²) >= 11 is 1.91. The number of halogens is 4. The van der Waals surface area contributed by atoms with Crippen molar-refractivity contribution in [2.75, 3.05) is 27.2 Å². The van der Waals surface area contributed by atoms with Crippen molar-refractivity contribution < 1.29 is 61.1 Å². The number of hydrogen-bond donors (Lipinski definition) is 1. The normalized spacial score (nSPS) is 31.3. The van der Waals surface area contributed by atoms with E-state index in [1.807, 2.05) is 64.4 Å². The average Bonchev–Trinajstić information content (AvgIpc) is 4.12. The summed E-state index contributed by atoms with van der Waals surface area (Å²) in [7, 11) is 3.33. The van der Waals surface area contributed by atoms with Gasteiger partial charge in [0.05, 0.1) is 47.1 Å². The molecule has 3 aliphatic rings. The second-order valence-electron chi connectivity index (χ2n) is 20.9. The van der Waals surface area contributed by atoms with Gasteiger partial charge in [0.1, 0.15) is 17.8 Å². The lowest BCUT2D eigenvalue weighted by Gasteiger charge is -2.47. The van der Waals surface area contributed by atoms with Crippen molar-refractivity contribution in [1.29, 1.82) is 0 Å². The summed E-state index contributed by atoms with van der Waals surface area (Å²) < 4.78 is 73.0. The number of nitrogens with zero attached hydrogens (tertiary/aromatic N) is 8. The Labute approximate surface area is 449 Å². The molecule has 0 aliphatic carbocycles. The van der Waals surface area contributed by atoms with Gasteiger partial charge in [-0.1, -0.05) is 38.1 Å². The summed E-state index contributed by atoms with van der Waals surface area (Å²) in [6, 6.07) is 7.48. The number of hydrogen-bond acceptors (Lipinski definition) is 15. The summed E-state index contributed by atoms with van der Waals surface area (Å²) in [5, 5.41) is 20.6. The number of carbonyl (C=O) groups excluding carboxylic acids is 4. The lowest BCUT2D eigenvalue weighted by atomic mass is 9.74. The first-order valence-electron chi connectivity index (χ1n) is 25.6. The summed E-state index contributed by atoms with van der Waals surface area (Å²) in [4.78, 5) is 69.6. The van der Waals surface area contributed by atoms with Gasteiger partial charge >= 0.3 is 18.2 Å². The van der Waals surface area contributed by atoms with Crippen molar-refractivity contribution in [3.8, 4) is 11.3 Å². The third kappa shape index (κ3) is 13.3. The molecule has 3 aromatic heterocycles. The average molecular weight is 1160 g/mol. The fraction of sp³-hybridized carbons (Fsp3) is 0.623. The lowest BCUT2D eigenvalue weighted by Crippen LogP contribution is -2.60. The molecule has 75 heavy (non-hydrogen) atoms. The zero-order chi connectivity index (χ0) is 54.6. The van der Waals surface area contributed by atoms with E-state index in [0.29, 0.717) is 57.4 Å².